The maximum absolute atomic E-state index is 13.4. The number of thioether (sulfide) groups is 1. The molecule has 0 aliphatic rings. The van der Waals surface area contributed by atoms with Crippen LogP contribution in [-0.4, -0.2) is 27.5 Å². The van der Waals surface area contributed by atoms with Crippen LogP contribution >= 0.6 is 35.3 Å². The van der Waals surface area contributed by atoms with Gasteiger partial charge in [-0.3, -0.25) is 13.9 Å². The summed E-state index contributed by atoms with van der Waals surface area (Å²) in [6.45, 7) is 0. The predicted molar refractivity (Wildman–Crippen MR) is 119 cm³/mol. The van der Waals surface area contributed by atoms with Crippen molar-refractivity contribution in [2.75, 3.05) is 13.4 Å². The number of ether oxygens (including phenoxy) is 1. The summed E-state index contributed by atoms with van der Waals surface area (Å²) in [6, 6.07) is 11.8. The summed E-state index contributed by atoms with van der Waals surface area (Å²) < 4.78 is 48.3. The molecule has 0 amide bonds. The van der Waals surface area contributed by atoms with Crippen molar-refractivity contribution >= 4 is 45.7 Å². The number of thiazole rings is 1. The Balaban J connectivity index is 2.03. The molecule has 0 saturated carbocycles. The first-order valence-electron chi connectivity index (χ1n) is 8.80. The Morgan fingerprint density at radius 1 is 1.13 bits per heavy atom. The number of alkyl halides is 3. The highest BCUT2D eigenvalue weighted by Gasteiger charge is 2.31. The standard InChI is InChI=1S/C20H14F3N3O2S3/c1-28-14-9-4-3-8-13(14)26-17(27)15-16(24-18(26)30-2)25(19(29)31-15)12-7-5-6-11(10-12)20(21,22)23/h3-10H,1-2H3. The third-order valence-corrected chi connectivity index (χ3v) is 6.51. The number of rotatable bonds is 4. The molecular formula is C20H14F3N3O2S3. The Labute approximate surface area is 187 Å². The Morgan fingerprint density at radius 2 is 1.87 bits per heavy atom. The molecule has 0 unspecified atom stereocenters. The van der Waals surface area contributed by atoms with Crippen molar-refractivity contribution in [3.63, 3.8) is 0 Å². The number of para-hydroxylation sites is 2. The van der Waals surface area contributed by atoms with Gasteiger partial charge in [0.15, 0.2) is 14.8 Å². The van der Waals surface area contributed by atoms with Gasteiger partial charge in [0.05, 0.1) is 18.4 Å². The fourth-order valence-corrected chi connectivity index (χ4v) is 5.00. The molecule has 5 nitrogen and oxygen atoms in total. The second-order valence-corrected chi connectivity index (χ2v) is 8.73. The summed E-state index contributed by atoms with van der Waals surface area (Å²) in [4.78, 5) is 18.0. The summed E-state index contributed by atoms with van der Waals surface area (Å²) in [5.41, 5.74) is -0.257. The van der Waals surface area contributed by atoms with Crippen molar-refractivity contribution in [2.45, 2.75) is 11.3 Å². The number of fused-ring (bicyclic) bond motifs is 1. The zero-order valence-electron chi connectivity index (χ0n) is 16.1. The van der Waals surface area contributed by atoms with E-state index in [2.05, 4.69) is 4.98 Å². The average molecular weight is 482 g/mol. The molecule has 0 bridgehead atoms. The smallest absolute Gasteiger partial charge is 0.416 e. The van der Waals surface area contributed by atoms with Crippen molar-refractivity contribution in [1.29, 1.82) is 0 Å². The van der Waals surface area contributed by atoms with Crippen molar-refractivity contribution in [2.24, 2.45) is 0 Å². The maximum atomic E-state index is 13.4. The molecule has 160 valence electrons. The van der Waals surface area contributed by atoms with Crippen LogP contribution in [0, 0.1) is 3.95 Å². The molecule has 0 radical (unpaired) electrons. The number of methoxy groups -OCH3 is 1. The minimum absolute atomic E-state index is 0.195. The SMILES string of the molecule is COc1ccccc1-n1c(SC)nc2c(sc(=S)n2-c2cccc(C(F)(F)F)c2)c1=O. The van der Waals surface area contributed by atoms with Crippen LogP contribution < -0.4 is 10.3 Å². The second kappa shape index (κ2) is 8.13. The number of aromatic nitrogens is 3. The van der Waals surface area contributed by atoms with Crippen LogP contribution in [0.2, 0.25) is 0 Å². The monoisotopic (exact) mass is 481 g/mol. The van der Waals surface area contributed by atoms with Crippen molar-refractivity contribution in [3.8, 4) is 17.1 Å². The number of hydrogen-bond acceptors (Lipinski definition) is 6. The normalized spacial score (nSPS) is 11.8. The van der Waals surface area contributed by atoms with Crippen LogP contribution in [0.25, 0.3) is 21.7 Å². The van der Waals surface area contributed by atoms with E-state index in [-0.39, 0.29) is 25.5 Å². The lowest BCUT2D eigenvalue weighted by Gasteiger charge is -2.14. The first-order chi connectivity index (χ1) is 14.8. The molecule has 0 aliphatic carbocycles. The summed E-state index contributed by atoms with van der Waals surface area (Å²) in [5, 5.41) is 0.357. The predicted octanol–water partition coefficient (Wildman–Crippen LogP) is 5.72. The molecule has 2 aromatic carbocycles. The van der Waals surface area contributed by atoms with E-state index >= 15 is 0 Å². The van der Waals surface area contributed by atoms with E-state index in [1.807, 2.05) is 0 Å². The lowest BCUT2D eigenvalue weighted by molar-refractivity contribution is -0.137. The lowest BCUT2D eigenvalue weighted by atomic mass is 10.2. The Hall–Kier alpha value is -2.63. The largest absolute Gasteiger partial charge is 0.495 e. The van der Waals surface area contributed by atoms with Gasteiger partial charge in [-0.15, -0.1) is 0 Å². The summed E-state index contributed by atoms with van der Waals surface area (Å²) in [7, 11) is 1.50. The highest BCUT2D eigenvalue weighted by Crippen LogP contribution is 2.33. The van der Waals surface area contributed by atoms with Crippen molar-refractivity contribution in [1.82, 2.24) is 14.1 Å². The number of halogens is 3. The molecule has 31 heavy (non-hydrogen) atoms. The lowest BCUT2D eigenvalue weighted by Crippen LogP contribution is -2.22. The molecule has 0 N–H and O–H groups in total. The highest BCUT2D eigenvalue weighted by atomic mass is 32.2. The summed E-state index contributed by atoms with van der Waals surface area (Å²) >= 11 is 7.64. The molecular weight excluding hydrogens is 467 g/mol. The van der Waals surface area contributed by atoms with Crippen molar-refractivity contribution < 1.29 is 17.9 Å². The third-order valence-electron chi connectivity index (χ3n) is 4.52. The van der Waals surface area contributed by atoms with Crippen molar-refractivity contribution in [3.05, 3.63) is 68.4 Å². The first kappa shape index (κ1) is 21.6. The highest BCUT2D eigenvalue weighted by molar-refractivity contribution is 7.98. The Morgan fingerprint density at radius 3 is 2.55 bits per heavy atom. The van der Waals surface area contributed by atoms with Gasteiger partial charge in [0.25, 0.3) is 5.56 Å². The average Bonchev–Trinajstić information content (AvgIpc) is 3.09. The molecule has 2 heterocycles. The van der Waals surface area contributed by atoms with Gasteiger partial charge >= 0.3 is 6.18 Å². The summed E-state index contributed by atoms with van der Waals surface area (Å²) in [6.07, 6.45) is -2.74. The fraction of sp³-hybridized carbons (Fsp3) is 0.150. The van der Waals surface area contributed by atoms with E-state index in [1.54, 1.807) is 30.5 Å². The maximum Gasteiger partial charge on any atom is 0.416 e. The fourth-order valence-electron chi connectivity index (χ4n) is 3.15. The van der Waals surface area contributed by atoms with Crippen LogP contribution in [0.5, 0.6) is 5.75 Å². The van der Waals surface area contributed by atoms with Gasteiger partial charge in [-0.2, -0.15) is 13.2 Å². The number of benzene rings is 2. The molecule has 4 rings (SSSR count). The Bertz CT molecular complexity index is 1410. The molecule has 0 atom stereocenters. The van der Waals surface area contributed by atoms with Crippen LogP contribution in [0.4, 0.5) is 13.2 Å². The van der Waals surface area contributed by atoms with Gasteiger partial charge in [0, 0.05) is 5.69 Å². The van der Waals surface area contributed by atoms with Gasteiger partial charge in [-0.05, 0) is 48.8 Å². The van der Waals surface area contributed by atoms with E-state index < -0.39 is 11.7 Å². The minimum Gasteiger partial charge on any atom is -0.495 e. The number of hydrogen-bond donors (Lipinski definition) is 0. The van der Waals surface area contributed by atoms with Crippen LogP contribution in [0.3, 0.4) is 0 Å². The van der Waals surface area contributed by atoms with E-state index in [4.69, 9.17) is 17.0 Å². The van der Waals surface area contributed by atoms with Gasteiger partial charge in [0.2, 0.25) is 0 Å². The van der Waals surface area contributed by atoms with Crippen LogP contribution in [0.15, 0.2) is 58.5 Å². The van der Waals surface area contributed by atoms with E-state index in [1.165, 1.54) is 40.1 Å². The first-order valence-corrected chi connectivity index (χ1v) is 11.2. The molecule has 0 spiro atoms. The van der Waals surface area contributed by atoms with E-state index in [9.17, 15) is 18.0 Å². The van der Waals surface area contributed by atoms with Crippen LogP contribution in [0.1, 0.15) is 5.56 Å². The molecule has 2 aromatic heterocycles. The zero-order chi connectivity index (χ0) is 22.3. The minimum atomic E-state index is -4.50. The van der Waals surface area contributed by atoms with E-state index in [0.29, 0.717) is 16.6 Å². The quantitative estimate of drug-likeness (QED) is 0.212. The molecule has 11 heteroatoms. The Kier molecular flexibility index (Phi) is 5.67. The van der Waals surface area contributed by atoms with Gasteiger partial charge in [-0.25, -0.2) is 4.98 Å². The zero-order valence-corrected chi connectivity index (χ0v) is 18.6. The van der Waals surface area contributed by atoms with Crippen LogP contribution in [-0.2, 0) is 6.18 Å². The molecule has 0 aliphatic heterocycles. The van der Waals surface area contributed by atoms with Gasteiger partial charge in [0.1, 0.15) is 10.4 Å². The van der Waals surface area contributed by atoms with Gasteiger partial charge < -0.3 is 4.74 Å². The van der Waals surface area contributed by atoms with E-state index in [0.717, 1.165) is 23.5 Å². The molecule has 0 fully saturated rings. The second-order valence-electron chi connectivity index (χ2n) is 6.32. The number of nitrogens with zero attached hydrogens (tertiary/aromatic N) is 3. The van der Waals surface area contributed by atoms with Gasteiger partial charge in [-0.1, -0.05) is 41.3 Å². The topological polar surface area (TPSA) is 49.0 Å². The third kappa shape index (κ3) is 3.77. The summed E-state index contributed by atoms with van der Waals surface area (Å²) in [5.74, 6) is 0.488. The molecule has 4 aromatic rings. The molecule has 0 saturated heterocycles.